The van der Waals surface area contributed by atoms with E-state index < -0.39 is 0 Å². The summed E-state index contributed by atoms with van der Waals surface area (Å²) in [5, 5.41) is 5.58. The van der Waals surface area contributed by atoms with E-state index in [1.165, 1.54) is 11.3 Å². The Labute approximate surface area is 156 Å². The lowest BCUT2D eigenvalue weighted by Gasteiger charge is -2.03. The Morgan fingerprint density at radius 1 is 1.19 bits per heavy atom. The Hall–Kier alpha value is -2.73. The molecule has 134 valence electrons. The number of rotatable bonds is 6. The van der Waals surface area contributed by atoms with E-state index in [1.54, 1.807) is 6.92 Å². The molecule has 1 amide bonds. The van der Waals surface area contributed by atoms with E-state index in [2.05, 4.69) is 15.3 Å². The predicted molar refractivity (Wildman–Crippen MR) is 103 cm³/mol. The molecule has 0 bridgehead atoms. The van der Waals surface area contributed by atoms with Crippen molar-refractivity contribution in [2.24, 2.45) is 0 Å². The summed E-state index contributed by atoms with van der Waals surface area (Å²) >= 11 is 1.45. The highest BCUT2D eigenvalue weighted by Gasteiger charge is 2.18. The number of thiazole rings is 1. The van der Waals surface area contributed by atoms with Crippen LogP contribution in [-0.2, 0) is 17.8 Å². The van der Waals surface area contributed by atoms with Gasteiger partial charge in [-0.1, -0.05) is 30.3 Å². The molecule has 0 spiro atoms. The van der Waals surface area contributed by atoms with Gasteiger partial charge in [-0.15, -0.1) is 11.3 Å². The molecule has 26 heavy (non-hydrogen) atoms. The monoisotopic (exact) mass is 367 g/mol. The van der Waals surface area contributed by atoms with Crippen LogP contribution in [0.2, 0.25) is 0 Å². The van der Waals surface area contributed by atoms with E-state index in [0.717, 1.165) is 38.8 Å². The van der Waals surface area contributed by atoms with Crippen LogP contribution in [0.4, 0.5) is 0 Å². The zero-order valence-corrected chi connectivity index (χ0v) is 15.9. The number of Topliss-reactive ketones (excluding diaryl/α,β-unsaturated/α-hetero) is 1. The van der Waals surface area contributed by atoms with E-state index >= 15 is 0 Å². The van der Waals surface area contributed by atoms with Crippen molar-refractivity contribution < 1.29 is 9.59 Å². The SMILES string of the molecule is CC(=O)c1c(C)[nH]c(-c2csc(CC(=O)NCc3ccccc3)n2)c1C. The van der Waals surface area contributed by atoms with Crippen LogP contribution in [0.15, 0.2) is 35.7 Å². The van der Waals surface area contributed by atoms with Crippen LogP contribution in [0, 0.1) is 13.8 Å². The zero-order valence-electron chi connectivity index (χ0n) is 15.1. The van der Waals surface area contributed by atoms with Gasteiger partial charge in [0.2, 0.25) is 5.91 Å². The third-order valence-electron chi connectivity index (χ3n) is 4.24. The first kappa shape index (κ1) is 18.1. The fourth-order valence-electron chi connectivity index (χ4n) is 3.04. The van der Waals surface area contributed by atoms with Crippen LogP contribution < -0.4 is 5.32 Å². The summed E-state index contributed by atoms with van der Waals surface area (Å²) in [5.74, 6) is -0.0168. The number of aryl methyl sites for hydroxylation is 1. The number of carbonyl (C=O) groups excluding carboxylic acids is 2. The number of nitrogens with one attached hydrogen (secondary N) is 2. The third kappa shape index (κ3) is 3.91. The van der Waals surface area contributed by atoms with Gasteiger partial charge in [0, 0.05) is 23.2 Å². The molecule has 1 aromatic carbocycles. The molecule has 0 saturated carbocycles. The van der Waals surface area contributed by atoms with Crippen molar-refractivity contribution in [3.8, 4) is 11.4 Å². The van der Waals surface area contributed by atoms with Gasteiger partial charge in [-0.05, 0) is 31.9 Å². The molecule has 2 N–H and O–H groups in total. The van der Waals surface area contributed by atoms with Crippen molar-refractivity contribution in [2.75, 3.05) is 0 Å². The summed E-state index contributed by atoms with van der Waals surface area (Å²) in [5.41, 5.74) is 5.15. The fraction of sp³-hybridized carbons (Fsp3) is 0.250. The molecule has 0 unspecified atom stereocenters. The molecule has 6 heteroatoms. The van der Waals surface area contributed by atoms with Crippen LogP contribution >= 0.6 is 11.3 Å². The summed E-state index contributed by atoms with van der Waals surface area (Å²) in [7, 11) is 0. The first-order chi connectivity index (χ1) is 12.5. The van der Waals surface area contributed by atoms with Crippen molar-refractivity contribution in [2.45, 2.75) is 33.7 Å². The van der Waals surface area contributed by atoms with Gasteiger partial charge in [0.15, 0.2) is 5.78 Å². The number of hydrogen-bond acceptors (Lipinski definition) is 4. The average Bonchev–Trinajstić information content (AvgIpc) is 3.18. The molecule has 0 aliphatic carbocycles. The number of benzene rings is 1. The average molecular weight is 367 g/mol. The lowest BCUT2D eigenvalue weighted by atomic mass is 10.1. The molecule has 0 saturated heterocycles. The summed E-state index contributed by atoms with van der Waals surface area (Å²) in [4.78, 5) is 31.7. The van der Waals surface area contributed by atoms with Gasteiger partial charge in [-0.3, -0.25) is 9.59 Å². The molecule has 0 atom stereocenters. The van der Waals surface area contributed by atoms with E-state index in [4.69, 9.17) is 0 Å². The second-order valence-electron chi connectivity index (χ2n) is 6.25. The van der Waals surface area contributed by atoms with E-state index in [-0.39, 0.29) is 18.1 Å². The van der Waals surface area contributed by atoms with E-state index in [9.17, 15) is 9.59 Å². The minimum atomic E-state index is -0.0569. The molecule has 3 rings (SSSR count). The highest BCUT2D eigenvalue weighted by atomic mass is 32.1. The Kier molecular flexibility index (Phi) is 5.32. The standard InChI is InChI=1S/C20H21N3O2S/c1-12-19(14(3)24)13(2)22-20(12)16-11-26-18(23-16)9-17(25)21-10-15-7-5-4-6-8-15/h4-8,11,22H,9-10H2,1-3H3,(H,21,25). The van der Waals surface area contributed by atoms with Gasteiger partial charge < -0.3 is 10.3 Å². The number of ketones is 1. The number of amides is 1. The maximum absolute atomic E-state index is 12.1. The maximum Gasteiger partial charge on any atom is 0.227 e. The van der Waals surface area contributed by atoms with Crippen molar-refractivity contribution >= 4 is 23.0 Å². The normalized spacial score (nSPS) is 10.7. The van der Waals surface area contributed by atoms with Gasteiger partial charge in [-0.2, -0.15) is 0 Å². The van der Waals surface area contributed by atoms with Gasteiger partial charge in [0.1, 0.15) is 5.01 Å². The van der Waals surface area contributed by atoms with E-state index in [1.807, 2.05) is 49.6 Å². The first-order valence-corrected chi connectivity index (χ1v) is 9.29. The van der Waals surface area contributed by atoms with Crippen LogP contribution in [0.25, 0.3) is 11.4 Å². The topological polar surface area (TPSA) is 74.8 Å². The molecule has 0 aliphatic rings. The second kappa shape index (κ2) is 7.66. The van der Waals surface area contributed by atoms with Crippen LogP contribution in [0.1, 0.15) is 39.1 Å². The van der Waals surface area contributed by atoms with Crippen LogP contribution in [-0.4, -0.2) is 21.7 Å². The number of nitrogens with zero attached hydrogens (tertiary/aromatic N) is 1. The lowest BCUT2D eigenvalue weighted by Crippen LogP contribution is -2.24. The molecular weight excluding hydrogens is 346 g/mol. The number of aromatic amines is 1. The summed E-state index contributed by atoms with van der Waals surface area (Å²) < 4.78 is 0. The highest BCUT2D eigenvalue weighted by molar-refractivity contribution is 7.10. The molecule has 0 radical (unpaired) electrons. The predicted octanol–water partition coefficient (Wildman–Crippen LogP) is 3.82. The molecule has 3 aromatic rings. The maximum atomic E-state index is 12.1. The quantitative estimate of drug-likeness (QED) is 0.651. The van der Waals surface area contributed by atoms with Crippen molar-refractivity contribution in [1.29, 1.82) is 0 Å². The molecule has 2 aromatic heterocycles. The Morgan fingerprint density at radius 2 is 1.92 bits per heavy atom. The number of carbonyl (C=O) groups is 2. The molecule has 0 fully saturated rings. The second-order valence-corrected chi connectivity index (χ2v) is 7.19. The summed E-state index contributed by atoms with van der Waals surface area (Å²) in [6.07, 6.45) is 0.246. The van der Waals surface area contributed by atoms with E-state index in [0.29, 0.717) is 6.54 Å². The van der Waals surface area contributed by atoms with Crippen LogP contribution in [0.5, 0.6) is 0 Å². The van der Waals surface area contributed by atoms with Gasteiger partial charge in [0.25, 0.3) is 0 Å². The third-order valence-corrected chi connectivity index (χ3v) is 5.09. The number of H-pyrrole nitrogens is 1. The molecule has 2 heterocycles. The summed E-state index contributed by atoms with van der Waals surface area (Å²) in [6.45, 7) is 5.88. The Bertz CT molecular complexity index is 941. The first-order valence-electron chi connectivity index (χ1n) is 8.41. The zero-order chi connectivity index (χ0) is 18.7. The van der Waals surface area contributed by atoms with Gasteiger partial charge >= 0.3 is 0 Å². The fourth-order valence-corrected chi connectivity index (χ4v) is 3.82. The minimum absolute atomic E-state index is 0.0400. The van der Waals surface area contributed by atoms with Crippen molar-refractivity contribution in [1.82, 2.24) is 15.3 Å². The molecule has 5 nitrogen and oxygen atoms in total. The van der Waals surface area contributed by atoms with Crippen molar-refractivity contribution in [3.63, 3.8) is 0 Å². The van der Waals surface area contributed by atoms with Gasteiger partial charge in [-0.25, -0.2) is 4.98 Å². The van der Waals surface area contributed by atoms with Crippen molar-refractivity contribution in [3.05, 3.63) is 63.1 Å². The Balaban J connectivity index is 1.67. The molecule has 0 aliphatic heterocycles. The molecular formula is C20H21N3O2S. The Morgan fingerprint density at radius 3 is 2.58 bits per heavy atom. The lowest BCUT2D eigenvalue weighted by molar-refractivity contribution is -0.120. The highest BCUT2D eigenvalue weighted by Crippen LogP contribution is 2.28. The van der Waals surface area contributed by atoms with Gasteiger partial charge in [0.05, 0.1) is 17.8 Å². The largest absolute Gasteiger partial charge is 0.356 e. The minimum Gasteiger partial charge on any atom is -0.356 e. The van der Waals surface area contributed by atoms with Crippen LogP contribution in [0.3, 0.4) is 0 Å². The number of aromatic nitrogens is 2. The summed E-state index contributed by atoms with van der Waals surface area (Å²) in [6, 6.07) is 9.80. The smallest absolute Gasteiger partial charge is 0.227 e. The number of hydrogen-bond donors (Lipinski definition) is 2.